The molecule has 1 aromatic heterocycles. The van der Waals surface area contributed by atoms with Crippen LogP contribution in [0.25, 0.3) is 0 Å². The van der Waals surface area contributed by atoms with Crippen LogP contribution >= 0.6 is 0 Å². The van der Waals surface area contributed by atoms with Gasteiger partial charge in [0.25, 0.3) is 0 Å². The molecule has 6 nitrogen and oxygen atoms in total. The molecule has 1 aliphatic heterocycles. The lowest BCUT2D eigenvalue weighted by molar-refractivity contribution is -0.143. The Morgan fingerprint density at radius 2 is 1.79 bits per heavy atom. The summed E-state index contributed by atoms with van der Waals surface area (Å²) in [4.78, 5) is 26.1. The third kappa shape index (κ3) is 3.96. The van der Waals surface area contributed by atoms with Crippen molar-refractivity contribution in [3.63, 3.8) is 0 Å². The summed E-state index contributed by atoms with van der Waals surface area (Å²) in [6.45, 7) is 3.58. The van der Waals surface area contributed by atoms with Gasteiger partial charge in [0, 0.05) is 13.0 Å². The maximum Gasteiger partial charge on any atom is 0.306 e. The fourth-order valence-electron chi connectivity index (χ4n) is 5.46. The van der Waals surface area contributed by atoms with E-state index in [1.54, 1.807) is 0 Å². The molecule has 4 rings (SSSR count). The minimum atomic E-state index is -0.681. The third-order valence-electron chi connectivity index (χ3n) is 7.22. The Kier molecular flexibility index (Phi) is 5.74. The Balaban J connectivity index is 1.39. The van der Waals surface area contributed by atoms with Gasteiger partial charge < -0.3 is 10.0 Å². The maximum atomic E-state index is 13.0. The average molecular weight is 388 g/mol. The molecule has 28 heavy (non-hydrogen) atoms. The number of aliphatic carboxylic acids is 1. The van der Waals surface area contributed by atoms with Crippen molar-refractivity contribution in [2.45, 2.75) is 90.1 Å². The van der Waals surface area contributed by atoms with E-state index in [0.717, 1.165) is 31.5 Å². The Bertz CT molecular complexity index is 728. The number of rotatable bonds is 4. The lowest BCUT2D eigenvalue weighted by Crippen LogP contribution is -2.38. The zero-order valence-electron chi connectivity index (χ0n) is 17.0. The molecule has 0 radical (unpaired) electrons. The van der Waals surface area contributed by atoms with E-state index in [-0.39, 0.29) is 11.8 Å². The third-order valence-corrected chi connectivity index (χ3v) is 7.22. The number of hydrogen-bond acceptors (Lipinski definition) is 3. The Labute approximate surface area is 167 Å². The molecule has 2 saturated carbocycles. The molecule has 2 fully saturated rings. The molecule has 2 aliphatic carbocycles. The van der Waals surface area contributed by atoms with Gasteiger partial charge >= 0.3 is 5.97 Å². The molecule has 0 unspecified atom stereocenters. The van der Waals surface area contributed by atoms with Crippen LogP contribution in [0.5, 0.6) is 0 Å². The highest BCUT2D eigenvalue weighted by Gasteiger charge is 2.32. The predicted octanol–water partition coefficient (Wildman–Crippen LogP) is 3.86. The second kappa shape index (κ2) is 8.26. The second-order valence-corrected chi connectivity index (χ2v) is 9.07. The first-order valence-electron chi connectivity index (χ1n) is 11.1. The lowest BCUT2D eigenvalue weighted by atomic mass is 9.80. The number of carbonyl (C=O) groups is 2. The van der Waals surface area contributed by atoms with Crippen LogP contribution in [-0.2, 0) is 22.6 Å². The highest BCUT2D eigenvalue weighted by atomic mass is 16.4. The average Bonchev–Trinajstić information content (AvgIpc) is 3.05. The molecule has 0 spiro atoms. The van der Waals surface area contributed by atoms with Gasteiger partial charge in [-0.15, -0.1) is 0 Å². The van der Waals surface area contributed by atoms with E-state index in [2.05, 4.69) is 11.6 Å². The molecule has 154 valence electrons. The number of carboxylic acid groups (broad SMARTS) is 1. The predicted molar refractivity (Wildman–Crippen MR) is 106 cm³/mol. The van der Waals surface area contributed by atoms with Crippen molar-refractivity contribution < 1.29 is 14.7 Å². The highest BCUT2D eigenvalue weighted by Crippen LogP contribution is 2.34. The maximum absolute atomic E-state index is 13.0. The fraction of sp³-hybridized carbons (Fsp3) is 0.773. The molecule has 3 aliphatic rings. The lowest BCUT2D eigenvalue weighted by Gasteiger charge is -2.32. The summed E-state index contributed by atoms with van der Waals surface area (Å²) < 4.78 is 2.25. The monoisotopic (exact) mass is 387 g/mol. The summed E-state index contributed by atoms with van der Waals surface area (Å²) in [5.41, 5.74) is 3.76. The molecule has 0 saturated heterocycles. The normalized spacial score (nSPS) is 26.1. The van der Waals surface area contributed by atoms with E-state index in [9.17, 15) is 9.59 Å². The first kappa shape index (κ1) is 19.5. The summed E-state index contributed by atoms with van der Waals surface area (Å²) in [5.74, 6) is -0.315. The van der Waals surface area contributed by atoms with E-state index in [1.807, 2.05) is 4.90 Å². The zero-order chi connectivity index (χ0) is 19.7. The van der Waals surface area contributed by atoms with Crippen LogP contribution in [0.15, 0.2) is 0 Å². The number of amides is 1. The molecule has 1 N–H and O–H groups in total. The van der Waals surface area contributed by atoms with Crippen LogP contribution in [0.4, 0.5) is 0 Å². The van der Waals surface area contributed by atoms with Gasteiger partial charge in [-0.2, -0.15) is 5.10 Å². The molecule has 0 bridgehead atoms. The SMILES string of the molecule is Cc1nn(C2CCCCC2)c2c1CCN(C(=O)C[C@H]1CC[C@@H](C(=O)O)CC1)C2. The largest absolute Gasteiger partial charge is 0.481 e. The van der Waals surface area contributed by atoms with E-state index < -0.39 is 5.97 Å². The smallest absolute Gasteiger partial charge is 0.306 e. The summed E-state index contributed by atoms with van der Waals surface area (Å²) in [6, 6.07) is 0.498. The molecule has 1 aromatic rings. The van der Waals surface area contributed by atoms with Gasteiger partial charge in [0.15, 0.2) is 0 Å². The van der Waals surface area contributed by atoms with Crippen LogP contribution in [0, 0.1) is 18.8 Å². The van der Waals surface area contributed by atoms with Gasteiger partial charge in [0.1, 0.15) is 0 Å². The van der Waals surface area contributed by atoms with Gasteiger partial charge in [-0.3, -0.25) is 14.3 Å². The first-order chi connectivity index (χ1) is 13.5. The van der Waals surface area contributed by atoms with Crippen LogP contribution in [0.2, 0.25) is 0 Å². The van der Waals surface area contributed by atoms with Crippen LogP contribution < -0.4 is 0 Å². The van der Waals surface area contributed by atoms with Crippen molar-refractivity contribution in [1.82, 2.24) is 14.7 Å². The van der Waals surface area contributed by atoms with E-state index >= 15 is 0 Å². The van der Waals surface area contributed by atoms with Gasteiger partial charge in [-0.05, 0) is 63.4 Å². The van der Waals surface area contributed by atoms with Gasteiger partial charge in [-0.1, -0.05) is 19.3 Å². The minimum absolute atomic E-state index is 0.211. The number of nitrogens with zero attached hydrogens (tertiary/aromatic N) is 3. The highest BCUT2D eigenvalue weighted by molar-refractivity contribution is 5.77. The Hall–Kier alpha value is -1.85. The van der Waals surface area contributed by atoms with Crippen LogP contribution in [0.3, 0.4) is 0 Å². The molecule has 0 atom stereocenters. The van der Waals surface area contributed by atoms with Crippen LogP contribution in [-0.4, -0.2) is 38.2 Å². The Morgan fingerprint density at radius 3 is 2.46 bits per heavy atom. The number of aryl methyl sites for hydroxylation is 1. The molecule has 1 amide bonds. The van der Waals surface area contributed by atoms with E-state index in [0.29, 0.717) is 37.8 Å². The zero-order valence-corrected chi connectivity index (χ0v) is 17.0. The molecular weight excluding hydrogens is 354 g/mol. The van der Waals surface area contributed by atoms with Crippen molar-refractivity contribution in [2.75, 3.05) is 6.54 Å². The molecule has 6 heteroatoms. The summed E-state index contributed by atoms with van der Waals surface area (Å²) >= 11 is 0. The second-order valence-electron chi connectivity index (χ2n) is 9.07. The minimum Gasteiger partial charge on any atom is -0.481 e. The van der Waals surface area contributed by atoms with E-state index in [4.69, 9.17) is 10.2 Å². The summed E-state index contributed by atoms with van der Waals surface area (Å²) in [7, 11) is 0. The number of fused-ring (bicyclic) bond motifs is 1. The standard InChI is InChI=1S/C22H33N3O3/c1-15-19-11-12-24(14-20(19)25(23-15)18-5-3-2-4-6-18)21(26)13-16-7-9-17(10-8-16)22(27)28/h16-18H,2-14H2,1H3,(H,27,28)/t16-,17+. The summed E-state index contributed by atoms with van der Waals surface area (Å²) in [6.07, 6.45) is 10.9. The quantitative estimate of drug-likeness (QED) is 0.851. The Morgan fingerprint density at radius 1 is 1.07 bits per heavy atom. The van der Waals surface area contributed by atoms with Crippen LogP contribution in [0.1, 0.15) is 87.2 Å². The van der Waals surface area contributed by atoms with Crippen molar-refractivity contribution in [3.05, 3.63) is 17.0 Å². The molecule has 2 heterocycles. The van der Waals surface area contributed by atoms with Gasteiger partial charge in [0.2, 0.25) is 5.91 Å². The van der Waals surface area contributed by atoms with Gasteiger partial charge in [-0.25, -0.2) is 0 Å². The number of hydrogen-bond donors (Lipinski definition) is 1. The van der Waals surface area contributed by atoms with Crippen molar-refractivity contribution >= 4 is 11.9 Å². The summed E-state index contributed by atoms with van der Waals surface area (Å²) in [5, 5.41) is 14.0. The van der Waals surface area contributed by atoms with Gasteiger partial charge in [0.05, 0.1) is 29.9 Å². The van der Waals surface area contributed by atoms with Crippen molar-refractivity contribution in [3.8, 4) is 0 Å². The molecule has 0 aromatic carbocycles. The van der Waals surface area contributed by atoms with Crippen molar-refractivity contribution in [2.24, 2.45) is 11.8 Å². The number of carbonyl (C=O) groups excluding carboxylic acids is 1. The number of carboxylic acids is 1. The topological polar surface area (TPSA) is 75.4 Å². The van der Waals surface area contributed by atoms with Crippen molar-refractivity contribution in [1.29, 1.82) is 0 Å². The number of aromatic nitrogens is 2. The molecular formula is C22H33N3O3. The fourth-order valence-corrected chi connectivity index (χ4v) is 5.46. The van der Waals surface area contributed by atoms with E-state index in [1.165, 1.54) is 43.4 Å². The first-order valence-corrected chi connectivity index (χ1v) is 11.1.